The monoisotopic (exact) mass is 229 g/mol. The van der Waals surface area contributed by atoms with Crippen LogP contribution in [0.3, 0.4) is 0 Å². The lowest BCUT2D eigenvalue weighted by molar-refractivity contribution is 0.0724. The molecule has 1 aliphatic heterocycles. The summed E-state index contributed by atoms with van der Waals surface area (Å²) in [6.07, 6.45) is 3.31. The number of amides is 1. The zero-order chi connectivity index (χ0) is 12.3. The SMILES string of the molecule is N#Cc1cc(C(=O)N2CCCCC2)ccc1N. The van der Waals surface area contributed by atoms with E-state index in [1.807, 2.05) is 11.0 Å². The summed E-state index contributed by atoms with van der Waals surface area (Å²) < 4.78 is 0. The number of hydrogen-bond acceptors (Lipinski definition) is 3. The summed E-state index contributed by atoms with van der Waals surface area (Å²) >= 11 is 0. The van der Waals surface area contributed by atoms with E-state index < -0.39 is 0 Å². The van der Waals surface area contributed by atoms with E-state index in [0.29, 0.717) is 16.8 Å². The van der Waals surface area contributed by atoms with Crippen LogP contribution < -0.4 is 5.73 Å². The van der Waals surface area contributed by atoms with Crippen molar-refractivity contribution < 1.29 is 4.79 Å². The Balaban J connectivity index is 2.22. The molecule has 88 valence electrons. The summed E-state index contributed by atoms with van der Waals surface area (Å²) in [7, 11) is 0. The zero-order valence-corrected chi connectivity index (χ0v) is 9.65. The Labute approximate surface area is 101 Å². The predicted octanol–water partition coefficient (Wildman–Crippen LogP) is 1.77. The van der Waals surface area contributed by atoms with Gasteiger partial charge in [-0.15, -0.1) is 0 Å². The predicted molar refractivity (Wildman–Crippen MR) is 65.3 cm³/mol. The number of likely N-dealkylation sites (tertiary alicyclic amines) is 1. The second-order valence-corrected chi connectivity index (χ2v) is 4.27. The maximum Gasteiger partial charge on any atom is 0.253 e. The standard InChI is InChI=1S/C13H15N3O/c14-9-11-8-10(4-5-12(11)15)13(17)16-6-2-1-3-7-16/h4-5,8H,1-3,6-7,15H2. The zero-order valence-electron chi connectivity index (χ0n) is 9.65. The summed E-state index contributed by atoms with van der Waals surface area (Å²) in [5.41, 5.74) is 6.97. The number of benzene rings is 1. The number of carbonyl (C=O) groups is 1. The molecular weight excluding hydrogens is 214 g/mol. The summed E-state index contributed by atoms with van der Waals surface area (Å²) in [4.78, 5) is 14.0. The molecule has 4 nitrogen and oxygen atoms in total. The topological polar surface area (TPSA) is 70.1 Å². The van der Waals surface area contributed by atoms with Crippen LogP contribution in [0.5, 0.6) is 0 Å². The second kappa shape index (κ2) is 4.88. The molecule has 0 aromatic heterocycles. The minimum Gasteiger partial charge on any atom is -0.398 e. The van der Waals surface area contributed by atoms with Crippen LogP contribution in [-0.4, -0.2) is 23.9 Å². The van der Waals surface area contributed by atoms with Crippen LogP contribution in [0.4, 0.5) is 5.69 Å². The number of nitriles is 1. The van der Waals surface area contributed by atoms with Gasteiger partial charge in [0, 0.05) is 24.3 Å². The summed E-state index contributed by atoms with van der Waals surface area (Å²) in [5.74, 6) is 0.00111. The fraction of sp³-hybridized carbons (Fsp3) is 0.385. The molecule has 2 N–H and O–H groups in total. The molecule has 1 aromatic rings. The number of carbonyl (C=O) groups excluding carboxylic acids is 1. The van der Waals surface area contributed by atoms with E-state index in [4.69, 9.17) is 11.0 Å². The van der Waals surface area contributed by atoms with E-state index in [-0.39, 0.29) is 5.91 Å². The second-order valence-electron chi connectivity index (χ2n) is 4.27. The van der Waals surface area contributed by atoms with E-state index in [1.165, 1.54) is 6.42 Å². The van der Waals surface area contributed by atoms with Gasteiger partial charge in [-0.2, -0.15) is 5.26 Å². The first-order valence-electron chi connectivity index (χ1n) is 5.81. The van der Waals surface area contributed by atoms with Gasteiger partial charge in [0.05, 0.1) is 5.56 Å². The Bertz CT molecular complexity index is 470. The fourth-order valence-corrected chi connectivity index (χ4v) is 2.07. The van der Waals surface area contributed by atoms with Gasteiger partial charge in [0.15, 0.2) is 0 Å². The first kappa shape index (κ1) is 11.5. The number of hydrogen-bond donors (Lipinski definition) is 1. The van der Waals surface area contributed by atoms with Gasteiger partial charge < -0.3 is 10.6 Å². The molecule has 1 aromatic carbocycles. The summed E-state index contributed by atoms with van der Waals surface area (Å²) in [6.45, 7) is 1.62. The summed E-state index contributed by atoms with van der Waals surface area (Å²) in [5, 5.41) is 8.88. The van der Waals surface area contributed by atoms with Gasteiger partial charge in [-0.3, -0.25) is 4.79 Å². The highest BCUT2D eigenvalue weighted by molar-refractivity contribution is 5.95. The molecule has 0 radical (unpaired) electrons. The Morgan fingerprint density at radius 2 is 2.00 bits per heavy atom. The van der Waals surface area contributed by atoms with E-state index in [0.717, 1.165) is 25.9 Å². The Morgan fingerprint density at radius 1 is 1.29 bits per heavy atom. The molecular formula is C13H15N3O. The quantitative estimate of drug-likeness (QED) is 0.746. The molecule has 0 spiro atoms. The number of nitrogens with two attached hydrogens (primary N) is 1. The molecule has 17 heavy (non-hydrogen) atoms. The molecule has 0 aliphatic carbocycles. The third-order valence-electron chi connectivity index (χ3n) is 3.06. The molecule has 2 rings (SSSR count). The maximum atomic E-state index is 12.2. The minimum atomic E-state index is 0.00111. The van der Waals surface area contributed by atoms with E-state index >= 15 is 0 Å². The van der Waals surface area contributed by atoms with Crippen LogP contribution in [0.15, 0.2) is 18.2 Å². The van der Waals surface area contributed by atoms with Gasteiger partial charge in [0.25, 0.3) is 5.91 Å². The van der Waals surface area contributed by atoms with Crippen LogP contribution in [0.2, 0.25) is 0 Å². The number of piperidine rings is 1. The molecule has 1 heterocycles. The van der Waals surface area contributed by atoms with Crippen molar-refractivity contribution in [3.05, 3.63) is 29.3 Å². The molecule has 1 saturated heterocycles. The van der Waals surface area contributed by atoms with Crippen LogP contribution >= 0.6 is 0 Å². The van der Waals surface area contributed by atoms with Gasteiger partial charge in [0.2, 0.25) is 0 Å². The number of nitrogen functional groups attached to an aromatic ring is 1. The first-order valence-corrected chi connectivity index (χ1v) is 5.81. The van der Waals surface area contributed by atoms with Crippen molar-refractivity contribution in [1.29, 1.82) is 5.26 Å². The Morgan fingerprint density at radius 3 is 2.65 bits per heavy atom. The largest absolute Gasteiger partial charge is 0.398 e. The molecule has 0 saturated carbocycles. The van der Waals surface area contributed by atoms with Crippen molar-refractivity contribution >= 4 is 11.6 Å². The third kappa shape index (κ3) is 2.39. The van der Waals surface area contributed by atoms with Gasteiger partial charge in [-0.05, 0) is 37.5 Å². The average molecular weight is 229 g/mol. The average Bonchev–Trinajstić information content (AvgIpc) is 2.39. The van der Waals surface area contributed by atoms with E-state index in [1.54, 1.807) is 18.2 Å². The van der Waals surface area contributed by atoms with Gasteiger partial charge in [-0.25, -0.2) is 0 Å². The minimum absolute atomic E-state index is 0.00111. The maximum absolute atomic E-state index is 12.2. The number of anilines is 1. The lowest BCUT2D eigenvalue weighted by atomic mass is 10.1. The van der Waals surface area contributed by atoms with Gasteiger partial charge >= 0.3 is 0 Å². The Kier molecular flexibility index (Phi) is 3.29. The highest BCUT2D eigenvalue weighted by Crippen LogP contribution is 2.17. The molecule has 1 aliphatic rings. The highest BCUT2D eigenvalue weighted by atomic mass is 16.2. The van der Waals surface area contributed by atoms with Crippen molar-refractivity contribution in [2.24, 2.45) is 0 Å². The lowest BCUT2D eigenvalue weighted by Crippen LogP contribution is -2.35. The van der Waals surface area contributed by atoms with Gasteiger partial charge in [0.1, 0.15) is 6.07 Å². The van der Waals surface area contributed by atoms with Crippen molar-refractivity contribution in [3.63, 3.8) is 0 Å². The fourth-order valence-electron chi connectivity index (χ4n) is 2.07. The van der Waals surface area contributed by atoms with E-state index in [2.05, 4.69) is 0 Å². The summed E-state index contributed by atoms with van der Waals surface area (Å²) in [6, 6.07) is 6.88. The highest BCUT2D eigenvalue weighted by Gasteiger charge is 2.18. The van der Waals surface area contributed by atoms with Crippen LogP contribution in [0, 0.1) is 11.3 Å². The lowest BCUT2D eigenvalue weighted by Gasteiger charge is -2.26. The molecule has 1 fully saturated rings. The smallest absolute Gasteiger partial charge is 0.253 e. The third-order valence-corrected chi connectivity index (χ3v) is 3.06. The number of nitrogens with zero attached hydrogens (tertiary/aromatic N) is 2. The van der Waals surface area contributed by atoms with Crippen LogP contribution in [0.25, 0.3) is 0 Å². The van der Waals surface area contributed by atoms with Crippen molar-refractivity contribution in [2.75, 3.05) is 18.8 Å². The van der Waals surface area contributed by atoms with E-state index in [9.17, 15) is 4.79 Å². The van der Waals surface area contributed by atoms with Crippen LogP contribution in [0.1, 0.15) is 35.2 Å². The normalized spacial score (nSPS) is 15.4. The molecule has 4 heteroatoms. The first-order chi connectivity index (χ1) is 8.22. The molecule has 0 unspecified atom stereocenters. The molecule has 0 atom stereocenters. The van der Waals surface area contributed by atoms with Crippen molar-refractivity contribution in [2.45, 2.75) is 19.3 Å². The van der Waals surface area contributed by atoms with Crippen molar-refractivity contribution in [1.82, 2.24) is 4.90 Å². The molecule has 1 amide bonds. The van der Waals surface area contributed by atoms with Gasteiger partial charge in [-0.1, -0.05) is 0 Å². The molecule has 0 bridgehead atoms. The van der Waals surface area contributed by atoms with Crippen LogP contribution in [-0.2, 0) is 0 Å². The Hall–Kier alpha value is -2.02. The van der Waals surface area contributed by atoms with Crippen molar-refractivity contribution in [3.8, 4) is 6.07 Å². The number of rotatable bonds is 1.